The number of hydrogen-bond donors (Lipinski definition) is 1. The Kier molecular flexibility index (Phi) is 5.92. The molecule has 2 aromatic carbocycles. The third-order valence-corrected chi connectivity index (χ3v) is 4.28. The van der Waals surface area contributed by atoms with Gasteiger partial charge in [-0.25, -0.2) is 4.98 Å². The Morgan fingerprint density at radius 3 is 2.88 bits per heavy atom. The van der Waals surface area contributed by atoms with Crippen LogP contribution in [0.3, 0.4) is 0 Å². The minimum atomic E-state index is -0.0777. The van der Waals surface area contributed by atoms with Crippen LogP contribution in [0.2, 0.25) is 5.02 Å². The monoisotopic (exact) mass is 370 g/mol. The van der Waals surface area contributed by atoms with Crippen LogP contribution in [-0.4, -0.2) is 18.0 Å². The Hall–Kier alpha value is -2.79. The molecule has 0 aliphatic carbocycles. The molecule has 0 saturated carbocycles. The number of oxazole rings is 1. The van der Waals surface area contributed by atoms with Crippen LogP contribution >= 0.6 is 11.6 Å². The Balaban J connectivity index is 1.53. The predicted octanol–water partition coefficient (Wildman–Crippen LogP) is 4.25. The summed E-state index contributed by atoms with van der Waals surface area (Å²) in [5.74, 6) is 1.84. The van der Waals surface area contributed by atoms with Crippen molar-refractivity contribution in [3.63, 3.8) is 0 Å². The smallest absolute Gasteiger partial charge is 0.220 e. The van der Waals surface area contributed by atoms with Crippen LogP contribution in [0.15, 0.2) is 59.1 Å². The Morgan fingerprint density at radius 1 is 1.23 bits per heavy atom. The average molecular weight is 371 g/mol. The topological polar surface area (TPSA) is 64.4 Å². The lowest BCUT2D eigenvalue weighted by Gasteiger charge is -2.06. The highest BCUT2D eigenvalue weighted by molar-refractivity contribution is 6.31. The summed E-state index contributed by atoms with van der Waals surface area (Å²) in [6.07, 6.45) is 2.38. The molecule has 3 rings (SSSR count). The van der Waals surface area contributed by atoms with Gasteiger partial charge in [-0.3, -0.25) is 4.79 Å². The molecule has 0 atom stereocenters. The van der Waals surface area contributed by atoms with Crippen molar-refractivity contribution in [3.8, 4) is 17.1 Å². The zero-order chi connectivity index (χ0) is 18.4. The van der Waals surface area contributed by atoms with Gasteiger partial charge in [0.25, 0.3) is 0 Å². The molecule has 134 valence electrons. The molecule has 6 heteroatoms. The van der Waals surface area contributed by atoms with Crippen molar-refractivity contribution in [2.24, 2.45) is 0 Å². The number of halogens is 1. The molecule has 0 fully saturated rings. The van der Waals surface area contributed by atoms with E-state index in [1.165, 1.54) is 0 Å². The first-order valence-corrected chi connectivity index (χ1v) is 8.63. The van der Waals surface area contributed by atoms with Gasteiger partial charge in [0.05, 0.1) is 13.3 Å². The molecule has 1 heterocycles. The Bertz CT molecular complexity index is 892. The fourth-order valence-electron chi connectivity index (χ4n) is 2.48. The summed E-state index contributed by atoms with van der Waals surface area (Å²) in [7, 11) is 1.62. The van der Waals surface area contributed by atoms with E-state index in [1.54, 1.807) is 19.4 Å². The first-order valence-electron chi connectivity index (χ1n) is 8.25. The highest BCUT2D eigenvalue weighted by Gasteiger charge is 2.10. The SMILES string of the molecule is COc1cccc(-c2cnc(CCC(=O)NCc3ccccc3Cl)o2)c1. The molecule has 0 unspecified atom stereocenters. The number of aryl methyl sites for hydroxylation is 1. The first-order chi connectivity index (χ1) is 12.7. The van der Waals surface area contributed by atoms with Crippen LogP contribution in [0.25, 0.3) is 11.3 Å². The largest absolute Gasteiger partial charge is 0.497 e. The number of rotatable bonds is 7. The van der Waals surface area contributed by atoms with E-state index in [-0.39, 0.29) is 5.91 Å². The number of ether oxygens (including phenoxy) is 1. The van der Waals surface area contributed by atoms with Crippen LogP contribution in [0, 0.1) is 0 Å². The summed E-state index contributed by atoms with van der Waals surface area (Å²) in [4.78, 5) is 16.3. The van der Waals surface area contributed by atoms with Crippen molar-refractivity contribution in [2.45, 2.75) is 19.4 Å². The summed E-state index contributed by atoms with van der Waals surface area (Å²) >= 11 is 6.08. The maximum absolute atomic E-state index is 12.0. The second-order valence-corrected chi connectivity index (χ2v) is 6.13. The van der Waals surface area contributed by atoms with Gasteiger partial charge >= 0.3 is 0 Å². The zero-order valence-corrected chi connectivity index (χ0v) is 15.1. The molecule has 1 amide bonds. The molecule has 3 aromatic rings. The van der Waals surface area contributed by atoms with Crippen molar-refractivity contribution in [3.05, 3.63) is 71.2 Å². The molecule has 0 spiro atoms. The molecule has 0 saturated heterocycles. The molecule has 0 aliphatic rings. The number of nitrogens with one attached hydrogen (secondary N) is 1. The minimum absolute atomic E-state index is 0.0777. The van der Waals surface area contributed by atoms with E-state index in [2.05, 4.69) is 10.3 Å². The fourth-order valence-corrected chi connectivity index (χ4v) is 2.68. The summed E-state index contributed by atoms with van der Waals surface area (Å²) in [6, 6.07) is 15.0. The van der Waals surface area contributed by atoms with Crippen LogP contribution in [0.4, 0.5) is 0 Å². The van der Waals surface area contributed by atoms with Crippen molar-refractivity contribution in [1.29, 1.82) is 0 Å². The normalized spacial score (nSPS) is 10.5. The van der Waals surface area contributed by atoms with Crippen molar-refractivity contribution >= 4 is 17.5 Å². The zero-order valence-electron chi connectivity index (χ0n) is 14.4. The van der Waals surface area contributed by atoms with Crippen molar-refractivity contribution < 1.29 is 13.9 Å². The number of amides is 1. The van der Waals surface area contributed by atoms with Gasteiger partial charge in [0.2, 0.25) is 5.91 Å². The summed E-state index contributed by atoms with van der Waals surface area (Å²) < 4.78 is 10.9. The van der Waals surface area contributed by atoms with Gasteiger partial charge in [-0.2, -0.15) is 0 Å². The van der Waals surface area contributed by atoms with Crippen LogP contribution in [0.1, 0.15) is 17.9 Å². The van der Waals surface area contributed by atoms with Crippen LogP contribution in [-0.2, 0) is 17.8 Å². The first kappa shape index (κ1) is 18.0. The second-order valence-electron chi connectivity index (χ2n) is 5.72. The van der Waals surface area contributed by atoms with E-state index in [9.17, 15) is 4.79 Å². The van der Waals surface area contributed by atoms with E-state index < -0.39 is 0 Å². The number of hydrogen-bond acceptors (Lipinski definition) is 4. The number of carbonyl (C=O) groups is 1. The van der Waals surface area contributed by atoms with Crippen molar-refractivity contribution in [1.82, 2.24) is 10.3 Å². The number of nitrogens with zero attached hydrogens (tertiary/aromatic N) is 1. The molecule has 0 radical (unpaired) electrons. The highest BCUT2D eigenvalue weighted by atomic mass is 35.5. The standard InChI is InChI=1S/C20H19ClN2O3/c1-25-16-7-4-6-14(11-16)18-13-23-20(26-18)10-9-19(24)22-12-15-5-2-3-8-17(15)21/h2-8,11,13H,9-10,12H2,1H3,(H,22,24). The van der Waals surface area contributed by atoms with E-state index in [1.807, 2.05) is 42.5 Å². The summed E-state index contributed by atoms with van der Waals surface area (Å²) in [5, 5.41) is 3.50. The van der Waals surface area contributed by atoms with E-state index in [0.717, 1.165) is 16.9 Å². The van der Waals surface area contributed by atoms with Gasteiger partial charge in [0, 0.05) is 30.0 Å². The molecule has 26 heavy (non-hydrogen) atoms. The number of methoxy groups -OCH3 is 1. The van der Waals surface area contributed by atoms with E-state index in [0.29, 0.717) is 36.1 Å². The predicted molar refractivity (Wildman–Crippen MR) is 100 cm³/mol. The number of carbonyl (C=O) groups excluding carboxylic acids is 1. The van der Waals surface area contributed by atoms with Gasteiger partial charge in [-0.15, -0.1) is 0 Å². The highest BCUT2D eigenvalue weighted by Crippen LogP contribution is 2.24. The van der Waals surface area contributed by atoms with Gasteiger partial charge in [0.15, 0.2) is 11.7 Å². The van der Waals surface area contributed by atoms with Gasteiger partial charge < -0.3 is 14.5 Å². The van der Waals surface area contributed by atoms with Crippen LogP contribution < -0.4 is 10.1 Å². The molecule has 0 aliphatic heterocycles. The lowest BCUT2D eigenvalue weighted by Crippen LogP contribution is -2.23. The average Bonchev–Trinajstić information content (AvgIpc) is 3.15. The lowest BCUT2D eigenvalue weighted by atomic mass is 10.2. The van der Waals surface area contributed by atoms with E-state index in [4.69, 9.17) is 20.8 Å². The van der Waals surface area contributed by atoms with Gasteiger partial charge in [-0.1, -0.05) is 41.9 Å². The maximum atomic E-state index is 12.0. The van der Waals surface area contributed by atoms with Gasteiger partial charge in [0.1, 0.15) is 5.75 Å². The van der Waals surface area contributed by atoms with Crippen molar-refractivity contribution in [2.75, 3.05) is 7.11 Å². The molecule has 5 nitrogen and oxygen atoms in total. The lowest BCUT2D eigenvalue weighted by molar-refractivity contribution is -0.121. The molecular weight excluding hydrogens is 352 g/mol. The number of aromatic nitrogens is 1. The number of benzene rings is 2. The molecule has 1 N–H and O–H groups in total. The Morgan fingerprint density at radius 2 is 2.08 bits per heavy atom. The Labute approximate surface area is 157 Å². The molecule has 1 aromatic heterocycles. The second kappa shape index (κ2) is 8.54. The minimum Gasteiger partial charge on any atom is -0.497 e. The van der Waals surface area contributed by atoms with Gasteiger partial charge in [-0.05, 0) is 23.8 Å². The molecular formula is C20H19ClN2O3. The van der Waals surface area contributed by atoms with Crippen LogP contribution in [0.5, 0.6) is 5.75 Å². The fraction of sp³-hybridized carbons (Fsp3) is 0.200. The summed E-state index contributed by atoms with van der Waals surface area (Å²) in [5.41, 5.74) is 1.77. The summed E-state index contributed by atoms with van der Waals surface area (Å²) in [6.45, 7) is 0.402. The molecule has 0 bridgehead atoms. The third-order valence-electron chi connectivity index (χ3n) is 3.91. The maximum Gasteiger partial charge on any atom is 0.220 e. The quantitative estimate of drug-likeness (QED) is 0.675. The third kappa shape index (κ3) is 4.64. The van der Waals surface area contributed by atoms with E-state index >= 15 is 0 Å².